The maximum atomic E-state index is 6.08. The molecule has 0 saturated heterocycles. The van der Waals surface area contributed by atoms with Crippen molar-refractivity contribution < 1.29 is 4.74 Å². The third-order valence-electron chi connectivity index (χ3n) is 3.90. The summed E-state index contributed by atoms with van der Waals surface area (Å²) in [7, 11) is 3.80. The summed E-state index contributed by atoms with van der Waals surface area (Å²) in [5, 5.41) is 0. The van der Waals surface area contributed by atoms with Gasteiger partial charge in [-0.1, -0.05) is 19.3 Å². The monoisotopic (exact) mass is 248 g/mol. The lowest BCUT2D eigenvalue weighted by atomic mass is 9.89. The first-order chi connectivity index (χ1) is 8.70. The standard InChI is InChI=1S/C15H24N2O/c1-17(11-12-6-4-3-5-7-12)15-9-8-13(18-2)10-14(15)16/h8-10,12H,3-7,11,16H2,1-2H3. The Morgan fingerprint density at radius 3 is 2.61 bits per heavy atom. The summed E-state index contributed by atoms with van der Waals surface area (Å²) < 4.78 is 5.18. The van der Waals surface area contributed by atoms with Gasteiger partial charge in [0.05, 0.1) is 18.5 Å². The maximum absolute atomic E-state index is 6.08. The smallest absolute Gasteiger partial charge is 0.121 e. The first kappa shape index (κ1) is 13.1. The molecule has 0 aromatic heterocycles. The Balaban J connectivity index is 2.01. The van der Waals surface area contributed by atoms with Crippen LogP contribution in [0.5, 0.6) is 5.75 Å². The van der Waals surface area contributed by atoms with Crippen LogP contribution in [0.3, 0.4) is 0 Å². The summed E-state index contributed by atoms with van der Waals surface area (Å²) in [6.45, 7) is 1.11. The number of nitrogens with zero attached hydrogens (tertiary/aromatic N) is 1. The van der Waals surface area contributed by atoms with Crippen molar-refractivity contribution in [3.05, 3.63) is 18.2 Å². The van der Waals surface area contributed by atoms with Crippen molar-refractivity contribution in [2.24, 2.45) is 5.92 Å². The molecule has 1 aliphatic rings. The molecule has 0 radical (unpaired) electrons. The second kappa shape index (κ2) is 5.98. The van der Waals surface area contributed by atoms with E-state index in [-0.39, 0.29) is 0 Å². The fraction of sp³-hybridized carbons (Fsp3) is 0.600. The zero-order valence-corrected chi connectivity index (χ0v) is 11.5. The van der Waals surface area contributed by atoms with Crippen molar-refractivity contribution in [1.29, 1.82) is 0 Å². The zero-order chi connectivity index (χ0) is 13.0. The van der Waals surface area contributed by atoms with Gasteiger partial charge in [-0.3, -0.25) is 0 Å². The number of hydrogen-bond acceptors (Lipinski definition) is 3. The maximum Gasteiger partial charge on any atom is 0.121 e. The van der Waals surface area contributed by atoms with Crippen molar-refractivity contribution in [2.75, 3.05) is 31.3 Å². The van der Waals surface area contributed by atoms with Gasteiger partial charge in [-0.2, -0.15) is 0 Å². The highest BCUT2D eigenvalue weighted by molar-refractivity contribution is 5.69. The molecule has 2 rings (SSSR count). The molecule has 100 valence electrons. The van der Waals surface area contributed by atoms with Crippen molar-refractivity contribution in [3.8, 4) is 5.75 Å². The van der Waals surface area contributed by atoms with Gasteiger partial charge < -0.3 is 15.4 Å². The number of nitrogens with two attached hydrogens (primary N) is 1. The van der Waals surface area contributed by atoms with Gasteiger partial charge in [0.15, 0.2) is 0 Å². The molecule has 1 aliphatic carbocycles. The molecule has 1 fully saturated rings. The van der Waals surface area contributed by atoms with E-state index >= 15 is 0 Å². The van der Waals surface area contributed by atoms with Crippen molar-refractivity contribution in [3.63, 3.8) is 0 Å². The third kappa shape index (κ3) is 3.09. The Labute approximate surface area is 110 Å². The highest BCUT2D eigenvalue weighted by Crippen LogP contribution is 2.30. The number of hydrogen-bond donors (Lipinski definition) is 1. The van der Waals surface area contributed by atoms with Gasteiger partial charge in [0, 0.05) is 19.7 Å². The second-order valence-corrected chi connectivity index (χ2v) is 5.31. The summed E-state index contributed by atoms with van der Waals surface area (Å²) in [5.41, 5.74) is 7.99. The van der Waals surface area contributed by atoms with Crippen LogP contribution in [-0.2, 0) is 0 Å². The summed E-state index contributed by atoms with van der Waals surface area (Å²) in [5.74, 6) is 1.65. The van der Waals surface area contributed by atoms with Crippen LogP contribution in [0, 0.1) is 5.92 Å². The van der Waals surface area contributed by atoms with E-state index < -0.39 is 0 Å². The van der Waals surface area contributed by atoms with E-state index in [4.69, 9.17) is 10.5 Å². The van der Waals surface area contributed by atoms with Crippen LogP contribution < -0.4 is 15.4 Å². The summed E-state index contributed by atoms with van der Waals surface area (Å²) in [6, 6.07) is 5.92. The number of benzene rings is 1. The van der Waals surface area contributed by atoms with Gasteiger partial charge in [-0.05, 0) is 30.9 Å². The second-order valence-electron chi connectivity index (χ2n) is 5.31. The van der Waals surface area contributed by atoms with Gasteiger partial charge in [0.25, 0.3) is 0 Å². The quantitative estimate of drug-likeness (QED) is 0.831. The minimum Gasteiger partial charge on any atom is -0.497 e. The van der Waals surface area contributed by atoms with Gasteiger partial charge in [0.2, 0.25) is 0 Å². The minimum atomic E-state index is 0.799. The average molecular weight is 248 g/mol. The fourth-order valence-corrected chi connectivity index (χ4v) is 2.86. The Morgan fingerprint density at radius 2 is 2.00 bits per heavy atom. The normalized spacial score (nSPS) is 16.6. The predicted octanol–water partition coefficient (Wildman–Crippen LogP) is 3.29. The highest BCUT2D eigenvalue weighted by Gasteiger charge is 2.16. The van der Waals surface area contributed by atoms with Crippen LogP contribution in [0.2, 0.25) is 0 Å². The first-order valence-corrected chi connectivity index (χ1v) is 6.85. The lowest BCUT2D eigenvalue weighted by Gasteiger charge is -2.29. The predicted molar refractivity (Wildman–Crippen MR) is 77.3 cm³/mol. The number of methoxy groups -OCH3 is 1. The molecule has 0 atom stereocenters. The van der Waals surface area contributed by atoms with Gasteiger partial charge in [-0.15, -0.1) is 0 Å². The topological polar surface area (TPSA) is 38.5 Å². The third-order valence-corrected chi connectivity index (χ3v) is 3.90. The van der Waals surface area contributed by atoms with Crippen LogP contribution in [0.15, 0.2) is 18.2 Å². The molecular weight excluding hydrogens is 224 g/mol. The lowest BCUT2D eigenvalue weighted by Crippen LogP contribution is -2.27. The molecule has 0 heterocycles. The Morgan fingerprint density at radius 1 is 1.28 bits per heavy atom. The van der Waals surface area contributed by atoms with Crippen LogP contribution in [0.1, 0.15) is 32.1 Å². The molecule has 3 heteroatoms. The minimum absolute atomic E-state index is 0.799. The van der Waals surface area contributed by atoms with Crippen molar-refractivity contribution in [2.45, 2.75) is 32.1 Å². The van der Waals surface area contributed by atoms with Crippen molar-refractivity contribution in [1.82, 2.24) is 0 Å². The largest absolute Gasteiger partial charge is 0.497 e. The molecule has 3 nitrogen and oxygen atoms in total. The molecular formula is C15H24N2O. The van der Waals surface area contributed by atoms with Gasteiger partial charge in [0.1, 0.15) is 5.75 Å². The fourth-order valence-electron chi connectivity index (χ4n) is 2.86. The number of rotatable bonds is 4. The first-order valence-electron chi connectivity index (χ1n) is 6.85. The van der Waals surface area contributed by atoms with E-state index in [0.717, 1.165) is 29.6 Å². The zero-order valence-electron chi connectivity index (χ0n) is 11.5. The molecule has 0 unspecified atom stereocenters. The lowest BCUT2D eigenvalue weighted by molar-refractivity contribution is 0.362. The molecule has 2 N–H and O–H groups in total. The highest BCUT2D eigenvalue weighted by atomic mass is 16.5. The van der Waals surface area contributed by atoms with E-state index in [9.17, 15) is 0 Å². The van der Waals surface area contributed by atoms with Crippen LogP contribution >= 0.6 is 0 Å². The van der Waals surface area contributed by atoms with E-state index in [2.05, 4.69) is 18.0 Å². The Hall–Kier alpha value is -1.38. The van der Waals surface area contributed by atoms with Gasteiger partial charge >= 0.3 is 0 Å². The molecule has 0 aliphatic heterocycles. The SMILES string of the molecule is COc1ccc(N(C)CC2CCCCC2)c(N)c1. The van der Waals surface area contributed by atoms with Crippen LogP contribution in [-0.4, -0.2) is 20.7 Å². The summed E-state index contributed by atoms with van der Waals surface area (Å²) in [6.07, 6.45) is 6.90. The molecule has 0 spiro atoms. The van der Waals surface area contributed by atoms with E-state index in [1.165, 1.54) is 32.1 Å². The summed E-state index contributed by atoms with van der Waals surface area (Å²) >= 11 is 0. The van der Waals surface area contributed by atoms with Crippen LogP contribution in [0.25, 0.3) is 0 Å². The van der Waals surface area contributed by atoms with E-state index in [1.807, 2.05) is 12.1 Å². The Bertz CT molecular complexity index is 386. The average Bonchev–Trinajstić information content (AvgIpc) is 2.39. The molecule has 1 aromatic rings. The Kier molecular flexibility index (Phi) is 4.34. The molecule has 0 bridgehead atoms. The van der Waals surface area contributed by atoms with E-state index in [0.29, 0.717) is 0 Å². The van der Waals surface area contributed by atoms with E-state index in [1.54, 1.807) is 7.11 Å². The number of ether oxygens (including phenoxy) is 1. The molecule has 18 heavy (non-hydrogen) atoms. The molecule has 1 aromatic carbocycles. The van der Waals surface area contributed by atoms with Crippen LogP contribution in [0.4, 0.5) is 11.4 Å². The van der Waals surface area contributed by atoms with Crippen molar-refractivity contribution >= 4 is 11.4 Å². The van der Waals surface area contributed by atoms with Gasteiger partial charge in [-0.25, -0.2) is 0 Å². The summed E-state index contributed by atoms with van der Waals surface area (Å²) in [4.78, 5) is 2.28. The number of nitrogen functional groups attached to an aromatic ring is 1. The molecule has 1 saturated carbocycles. The molecule has 0 amide bonds. The number of anilines is 2.